The Kier molecular flexibility index (Phi) is 12.3. The third-order valence-corrected chi connectivity index (χ3v) is 11.0. The second-order valence-corrected chi connectivity index (χ2v) is 15.0. The molecule has 8 atom stereocenters. The number of esters is 1. The molecule has 12 heteroatoms. The van der Waals surface area contributed by atoms with Gasteiger partial charge in [0.25, 0.3) is 0 Å². The number of aryl methyl sites for hydroxylation is 1. The van der Waals surface area contributed by atoms with E-state index in [9.17, 15) is 29.4 Å². The highest BCUT2D eigenvalue weighted by molar-refractivity contribution is 5.88. The number of hydrogen-bond acceptors (Lipinski definition) is 9. The molecule has 1 saturated carbocycles. The van der Waals surface area contributed by atoms with Crippen LogP contribution in [0.2, 0.25) is 0 Å². The van der Waals surface area contributed by atoms with Gasteiger partial charge in [-0.15, -0.1) is 0 Å². The van der Waals surface area contributed by atoms with Crippen LogP contribution >= 0.6 is 0 Å². The first-order valence-corrected chi connectivity index (χ1v) is 18.5. The highest BCUT2D eigenvalue weighted by atomic mass is 16.5. The smallest absolute Gasteiger partial charge is 0.326 e. The van der Waals surface area contributed by atoms with Crippen LogP contribution in [0.5, 0.6) is 5.75 Å². The van der Waals surface area contributed by atoms with Crippen molar-refractivity contribution in [1.82, 2.24) is 15.1 Å². The second-order valence-electron chi connectivity index (χ2n) is 15.0. The van der Waals surface area contributed by atoms with E-state index in [1.807, 2.05) is 51.1 Å². The van der Waals surface area contributed by atoms with Crippen LogP contribution in [0.25, 0.3) is 0 Å². The predicted molar refractivity (Wildman–Crippen MR) is 192 cm³/mol. The summed E-state index contributed by atoms with van der Waals surface area (Å²) in [5, 5.41) is 32.7. The topological polar surface area (TPSA) is 170 Å². The standard InChI is InChI=1S/C23H32N2O5.C17H20N2O3/c1-3-30-23(29)18(13-12-16-8-5-4-6-9-16)24-15(2)21(26)25-19-11-7-10-17(19)14-20(25)22(27)28;1-10-4-7-14(20)19(10)15-12-8-11(9-18)5-6-13(12)22-17(2,3)16(15)21/h4-6,8-9,15,17-20,24H,3,7,10-14H2,1-2H3,(H,27,28);5-6,8,10,15-16,21H,4,7H2,1-3H3/t15-,17-,18-,19-,20-;/m0./s1. The van der Waals surface area contributed by atoms with Crippen molar-refractivity contribution in [3.8, 4) is 11.8 Å². The monoisotopic (exact) mass is 716 g/mol. The van der Waals surface area contributed by atoms with Gasteiger partial charge in [0, 0.05) is 24.1 Å². The molecule has 52 heavy (non-hydrogen) atoms. The normalized spacial score (nSPS) is 26.9. The summed E-state index contributed by atoms with van der Waals surface area (Å²) in [4.78, 5) is 53.1. The van der Waals surface area contributed by atoms with Crippen molar-refractivity contribution in [2.45, 2.75) is 134 Å². The minimum Gasteiger partial charge on any atom is -0.485 e. The number of ether oxygens (including phenoxy) is 2. The van der Waals surface area contributed by atoms with Crippen molar-refractivity contribution in [1.29, 1.82) is 5.26 Å². The van der Waals surface area contributed by atoms with Gasteiger partial charge in [-0.05, 0) is 103 Å². The summed E-state index contributed by atoms with van der Waals surface area (Å²) in [5.74, 6) is -0.639. The number of aliphatic carboxylic acids is 1. The maximum Gasteiger partial charge on any atom is 0.326 e. The van der Waals surface area contributed by atoms with Crippen LogP contribution in [0.15, 0.2) is 48.5 Å². The number of carbonyl (C=O) groups is 4. The summed E-state index contributed by atoms with van der Waals surface area (Å²) >= 11 is 0. The van der Waals surface area contributed by atoms with E-state index in [4.69, 9.17) is 14.7 Å². The highest BCUT2D eigenvalue weighted by Crippen LogP contribution is 2.46. The van der Waals surface area contributed by atoms with Gasteiger partial charge in [-0.1, -0.05) is 36.8 Å². The number of nitrogens with zero attached hydrogens (tertiary/aromatic N) is 3. The molecule has 0 aromatic heterocycles. The number of nitriles is 1. The third-order valence-electron chi connectivity index (χ3n) is 11.0. The maximum atomic E-state index is 13.2. The SMILES string of the molecule is CC1CCC(=O)N1C1c2cc(C#N)ccc2OC(C)(C)C1O.CCOC(=O)[C@H](CCc1ccccc1)N[C@@H](C)C(=O)N1[C@H](C(=O)O)C[C@@H]2CCC[C@@H]21. The van der Waals surface area contributed by atoms with Crippen molar-refractivity contribution >= 4 is 23.8 Å². The Hall–Kier alpha value is -4.47. The zero-order chi connectivity index (χ0) is 37.7. The number of carbonyl (C=O) groups excluding carboxylic acids is 3. The average Bonchev–Trinajstić information content (AvgIpc) is 3.82. The number of aliphatic hydroxyl groups excluding tert-OH is 1. The molecule has 2 aromatic carbocycles. The van der Waals surface area contributed by atoms with Crippen LogP contribution in [-0.4, -0.2) is 92.3 Å². The molecule has 3 N–H and O–H groups in total. The summed E-state index contributed by atoms with van der Waals surface area (Å²) in [6.07, 6.45) is 4.97. The number of nitrogens with one attached hydrogen (secondary N) is 1. The number of aliphatic hydroxyl groups is 1. The number of rotatable bonds is 10. The van der Waals surface area contributed by atoms with Gasteiger partial charge in [0.15, 0.2) is 0 Å². The van der Waals surface area contributed by atoms with Gasteiger partial charge in [-0.2, -0.15) is 5.26 Å². The molecule has 3 fully saturated rings. The Morgan fingerprint density at radius 3 is 2.50 bits per heavy atom. The van der Waals surface area contributed by atoms with Gasteiger partial charge in [-0.25, -0.2) is 4.79 Å². The van der Waals surface area contributed by atoms with Gasteiger partial charge in [0.1, 0.15) is 29.5 Å². The second kappa shape index (κ2) is 16.5. The Morgan fingerprint density at radius 1 is 1.13 bits per heavy atom. The van der Waals surface area contributed by atoms with Gasteiger partial charge in [0.2, 0.25) is 11.8 Å². The Bertz CT molecular complexity index is 1660. The first-order valence-electron chi connectivity index (χ1n) is 18.5. The fraction of sp³-hybridized carbons (Fsp3) is 0.575. The van der Waals surface area contributed by atoms with E-state index in [-0.39, 0.29) is 42.4 Å². The van der Waals surface area contributed by atoms with Crippen LogP contribution < -0.4 is 10.1 Å². The first-order chi connectivity index (χ1) is 24.8. The maximum absolute atomic E-state index is 13.2. The summed E-state index contributed by atoms with van der Waals surface area (Å²) in [7, 11) is 0. The van der Waals surface area contributed by atoms with E-state index in [1.54, 1.807) is 41.8 Å². The summed E-state index contributed by atoms with van der Waals surface area (Å²) < 4.78 is 11.1. The summed E-state index contributed by atoms with van der Waals surface area (Å²) in [5.41, 5.74) is 1.52. The van der Waals surface area contributed by atoms with Crippen LogP contribution in [0.1, 0.15) is 102 Å². The fourth-order valence-corrected chi connectivity index (χ4v) is 8.30. The zero-order valence-corrected chi connectivity index (χ0v) is 30.8. The minimum absolute atomic E-state index is 0.00629. The average molecular weight is 717 g/mol. The van der Waals surface area contributed by atoms with Gasteiger partial charge < -0.3 is 29.5 Å². The van der Waals surface area contributed by atoms with E-state index in [0.717, 1.165) is 31.2 Å². The lowest BCUT2D eigenvalue weighted by Crippen LogP contribution is -2.55. The van der Waals surface area contributed by atoms with Crippen LogP contribution in [0.4, 0.5) is 0 Å². The molecule has 3 aliphatic heterocycles. The molecule has 2 amide bonds. The molecule has 2 saturated heterocycles. The molecule has 1 aliphatic carbocycles. The lowest BCUT2D eigenvalue weighted by molar-refractivity contribution is -0.151. The Balaban J connectivity index is 0.000000210. The molecule has 0 bridgehead atoms. The highest BCUT2D eigenvalue weighted by Gasteiger charge is 2.50. The van der Waals surface area contributed by atoms with E-state index in [2.05, 4.69) is 11.4 Å². The number of hydrogen-bond donors (Lipinski definition) is 3. The number of benzene rings is 2. The molecule has 2 aromatic rings. The van der Waals surface area contributed by atoms with Crippen molar-refractivity contribution in [3.63, 3.8) is 0 Å². The number of amides is 2. The van der Waals surface area contributed by atoms with Gasteiger partial charge in [-0.3, -0.25) is 19.7 Å². The Labute approximate surface area is 306 Å². The van der Waals surface area contributed by atoms with Crippen molar-refractivity contribution < 1.29 is 38.9 Å². The van der Waals surface area contributed by atoms with E-state index in [0.29, 0.717) is 42.6 Å². The number of carboxylic acids is 1. The molecule has 6 rings (SSSR count). The van der Waals surface area contributed by atoms with Crippen molar-refractivity contribution in [2.75, 3.05) is 6.61 Å². The van der Waals surface area contributed by atoms with Crippen molar-refractivity contribution in [3.05, 3.63) is 65.2 Å². The summed E-state index contributed by atoms with van der Waals surface area (Å²) in [6, 6.07) is 14.6. The molecule has 3 heterocycles. The number of likely N-dealkylation sites (tertiary alicyclic amines) is 2. The molecule has 280 valence electrons. The summed E-state index contributed by atoms with van der Waals surface area (Å²) in [6.45, 7) is 9.35. The van der Waals surface area contributed by atoms with E-state index < -0.39 is 41.8 Å². The minimum atomic E-state index is -0.948. The van der Waals surface area contributed by atoms with Crippen LogP contribution in [0, 0.1) is 17.2 Å². The lowest BCUT2D eigenvalue weighted by Gasteiger charge is -2.46. The fourth-order valence-electron chi connectivity index (χ4n) is 8.30. The van der Waals surface area contributed by atoms with Crippen molar-refractivity contribution in [2.24, 2.45) is 5.92 Å². The van der Waals surface area contributed by atoms with E-state index >= 15 is 0 Å². The van der Waals surface area contributed by atoms with Crippen LogP contribution in [0.3, 0.4) is 0 Å². The lowest BCUT2D eigenvalue weighted by atomic mass is 9.84. The molecule has 0 radical (unpaired) electrons. The largest absolute Gasteiger partial charge is 0.485 e. The molecule has 12 nitrogen and oxygen atoms in total. The number of carboxylic acid groups (broad SMARTS) is 1. The number of fused-ring (bicyclic) bond motifs is 2. The predicted octanol–water partition coefficient (Wildman–Crippen LogP) is 4.53. The Morgan fingerprint density at radius 2 is 1.87 bits per heavy atom. The third kappa shape index (κ3) is 8.26. The molecular formula is C40H52N4O8. The van der Waals surface area contributed by atoms with Gasteiger partial charge in [0.05, 0.1) is 30.3 Å². The molecule has 3 unspecified atom stereocenters. The molecule has 0 spiro atoms. The van der Waals surface area contributed by atoms with E-state index in [1.165, 1.54) is 0 Å². The first kappa shape index (κ1) is 38.8. The van der Waals surface area contributed by atoms with Crippen LogP contribution in [-0.2, 0) is 30.3 Å². The quantitative estimate of drug-likeness (QED) is 0.297. The van der Waals surface area contributed by atoms with Gasteiger partial charge >= 0.3 is 11.9 Å². The molecular weight excluding hydrogens is 664 g/mol. The molecule has 4 aliphatic rings. The zero-order valence-electron chi connectivity index (χ0n) is 30.8.